The minimum Gasteiger partial charge on any atom is -0.494 e. The van der Waals surface area contributed by atoms with E-state index in [2.05, 4.69) is 0 Å². The van der Waals surface area contributed by atoms with Gasteiger partial charge in [0, 0.05) is 5.41 Å². The monoisotopic (exact) mass is 238 g/mol. The number of ether oxygens (including phenoxy) is 1. The predicted molar refractivity (Wildman–Crippen MR) is 64.8 cm³/mol. The van der Waals surface area contributed by atoms with Gasteiger partial charge >= 0.3 is 0 Å². The Balaban J connectivity index is 2.33. The Morgan fingerprint density at radius 3 is 2.53 bits per heavy atom. The standard InChI is InChI=1S/C14H19FO2/c1-17-13-6-5-11(9-12(13)15)14(10-16)7-3-2-4-8-14/h5-6,9,16H,2-4,7-8,10H2,1H3. The molecule has 0 unspecified atom stereocenters. The molecule has 0 heterocycles. The van der Waals surface area contributed by atoms with E-state index in [0.717, 1.165) is 31.2 Å². The van der Waals surface area contributed by atoms with Gasteiger partial charge in [-0.3, -0.25) is 0 Å². The van der Waals surface area contributed by atoms with Crippen LogP contribution in [0.2, 0.25) is 0 Å². The molecule has 17 heavy (non-hydrogen) atoms. The lowest BCUT2D eigenvalue weighted by Crippen LogP contribution is -2.33. The highest BCUT2D eigenvalue weighted by Gasteiger charge is 2.33. The molecule has 1 aromatic rings. The average Bonchev–Trinajstić information content (AvgIpc) is 2.39. The zero-order valence-electron chi connectivity index (χ0n) is 10.2. The van der Waals surface area contributed by atoms with Crippen molar-refractivity contribution in [3.63, 3.8) is 0 Å². The second-order valence-corrected chi connectivity index (χ2v) is 4.85. The maximum atomic E-state index is 13.7. The Bertz CT molecular complexity index is 384. The zero-order valence-corrected chi connectivity index (χ0v) is 10.2. The molecular weight excluding hydrogens is 219 g/mol. The van der Waals surface area contributed by atoms with Crippen molar-refractivity contribution >= 4 is 0 Å². The summed E-state index contributed by atoms with van der Waals surface area (Å²) in [5.41, 5.74) is 0.656. The van der Waals surface area contributed by atoms with Gasteiger partial charge in [0.2, 0.25) is 0 Å². The number of hydrogen-bond acceptors (Lipinski definition) is 2. The van der Waals surface area contributed by atoms with Crippen molar-refractivity contribution in [2.45, 2.75) is 37.5 Å². The Kier molecular flexibility index (Phi) is 3.67. The van der Waals surface area contributed by atoms with E-state index in [-0.39, 0.29) is 23.6 Å². The van der Waals surface area contributed by atoms with Crippen molar-refractivity contribution in [3.8, 4) is 5.75 Å². The van der Waals surface area contributed by atoms with E-state index < -0.39 is 0 Å². The van der Waals surface area contributed by atoms with Gasteiger partial charge in [-0.05, 0) is 30.5 Å². The van der Waals surface area contributed by atoms with E-state index in [9.17, 15) is 9.50 Å². The molecule has 2 rings (SSSR count). The van der Waals surface area contributed by atoms with Crippen LogP contribution in [0.3, 0.4) is 0 Å². The lowest BCUT2D eigenvalue weighted by Gasteiger charge is -2.36. The molecule has 1 aromatic carbocycles. The second kappa shape index (κ2) is 5.05. The number of methoxy groups -OCH3 is 1. The Hall–Kier alpha value is -1.09. The molecule has 94 valence electrons. The first-order valence-corrected chi connectivity index (χ1v) is 6.17. The molecule has 0 aliphatic heterocycles. The summed E-state index contributed by atoms with van der Waals surface area (Å²) in [7, 11) is 1.46. The van der Waals surface area contributed by atoms with Crippen molar-refractivity contribution in [2.24, 2.45) is 0 Å². The number of aliphatic hydroxyl groups is 1. The van der Waals surface area contributed by atoms with Crippen LogP contribution in [0.15, 0.2) is 18.2 Å². The van der Waals surface area contributed by atoms with Crippen LogP contribution >= 0.6 is 0 Å². The molecule has 1 fully saturated rings. The topological polar surface area (TPSA) is 29.5 Å². The minimum atomic E-state index is -0.344. The van der Waals surface area contributed by atoms with Gasteiger partial charge in [-0.2, -0.15) is 0 Å². The lowest BCUT2D eigenvalue weighted by atomic mass is 9.70. The van der Waals surface area contributed by atoms with E-state index in [1.807, 2.05) is 6.07 Å². The van der Waals surface area contributed by atoms with Crippen molar-refractivity contribution in [1.29, 1.82) is 0 Å². The largest absolute Gasteiger partial charge is 0.494 e. The number of halogens is 1. The summed E-state index contributed by atoms with van der Waals surface area (Å²) in [5.74, 6) is -0.0824. The maximum Gasteiger partial charge on any atom is 0.165 e. The van der Waals surface area contributed by atoms with Crippen LogP contribution in [-0.2, 0) is 5.41 Å². The molecular formula is C14H19FO2. The van der Waals surface area contributed by atoms with Gasteiger partial charge in [-0.15, -0.1) is 0 Å². The first-order chi connectivity index (χ1) is 8.22. The first kappa shape index (κ1) is 12.4. The quantitative estimate of drug-likeness (QED) is 0.877. The van der Waals surface area contributed by atoms with Crippen LogP contribution in [0, 0.1) is 5.82 Å². The van der Waals surface area contributed by atoms with Gasteiger partial charge in [0.1, 0.15) is 0 Å². The lowest BCUT2D eigenvalue weighted by molar-refractivity contribution is 0.151. The molecule has 0 aromatic heterocycles. The molecule has 0 bridgehead atoms. The van der Waals surface area contributed by atoms with Crippen molar-refractivity contribution in [3.05, 3.63) is 29.6 Å². The highest BCUT2D eigenvalue weighted by Crippen LogP contribution is 2.40. The number of hydrogen-bond donors (Lipinski definition) is 1. The number of aliphatic hydroxyl groups excluding tert-OH is 1. The van der Waals surface area contributed by atoms with Gasteiger partial charge < -0.3 is 9.84 Å². The van der Waals surface area contributed by atoms with Crippen LogP contribution in [0.1, 0.15) is 37.7 Å². The first-order valence-electron chi connectivity index (χ1n) is 6.17. The molecule has 1 aliphatic rings. The summed E-state index contributed by atoms with van der Waals surface area (Å²) in [6.07, 6.45) is 5.30. The molecule has 0 atom stereocenters. The molecule has 0 saturated heterocycles. The number of rotatable bonds is 3. The van der Waals surface area contributed by atoms with Gasteiger partial charge in [0.05, 0.1) is 13.7 Å². The third-order valence-corrected chi connectivity index (χ3v) is 3.88. The SMILES string of the molecule is COc1ccc(C2(CO)CCCCC2)cc1F. The second-order valence-electron chi connectivity index (χ2n) is 4.85. The summed E-state index contributed by atoms with van der Waals surface area (Å²) in [4.78, 5) is 0. The fraction of sp³-hybridized carbons (Fsp3) is 0.571. The molecule has 1 N–H and O–H groups in total. The fourth-order valence-corrected chi connectivity index (χ4v) is 2.76. The van der Waals surface area contributed by atoms with Crippen molar-refractivity contribution in [1.82, 2.24) is 0 Å². The molecule has 2 nitrogen and oxygen atoms in total. The fourth-order valence-electron chi connectivity index (χ4n) is 2.76. The van der Waals surface area contributed by atoms with E-state index in [4.69, 9.17) is 4.74 Å². The molecule has 1 aliphatic carbocycles. The van der Waals surface area contributed by atoms with Crippen LogP contribution in [0.5, 0.6) is 5.75 Å². The van der Waals surface area contributed by atoms with Crippen LogP contribution in [0.25, 0.3) is 0 Å². The molecule has 3 heteroatoms. The van der Waals surface area contributed by atoms with Crippen molar-refractivity contribution < 1.29 is 14.2 Å². The summed E-state index contributed by atoms with van der Waals surface area (Å²) >= 11 is 0. The van der Waals surface area contributed by atoms with Gasteiger partial charge in [-0.25, -0.2) is 4.39 Å². The van der Waals surface area contributed by atoms with Crippen LogP contribution < -0.4 is 4.74 Å². The van der Waals surface area contributed by atoms with Crippen molar-refractivity contribution in [2.75, 3.05) is 13.7 Å². The Morgan fingerprint density at radius 2 is 2.00 bits per heavy atom. The minimum absolute atomic E-state index is 0.0960. The van der Waals surface area contributed by atoms with Crippen LogP contribution in [-0.4, -0.2) is 18.8 Å². The summed E-state index contributed by atoms with van der Waals surface area (Å²) < 4.78 is 18.6. The Labute approximate surface area is 101 Å². The summed E-state index contributed by atoms with van der Waals surface area (Å²) in [6.45, 7) is 0.0960. The predicted octanol–water partition coefficient (Wildman–Crippen LogP) is 3.03. The van der Waals surface area contributed by atoms with Gasteiger partial charge in [0.25, 0.3) is 0 Å². The molecule has 0 radical (unpaired) electrons. The molecule has 1 saturated carbocycles. The van der Waals surface area contributed by atoms with E-state index >= 15 is 0 Å². The molecule has 0 spiro atoms. The van der Waals surface area contributed by atoms with Crippen LogP contribution in [0.4, 0.5) is 4.39 Å². The maximum absolute atomic E-state index is 13.7. The zero-order chi connectivity index (χ0) is 12.3. The Morgan fingerprint density at radius 1 is 1.29 bits per heavy atom. The van der Waals surface area contributed by atoms with E-state index in [0.29, 0.717) is 0 Å². The summed E-state index contributed by atoms with van der Waals surface area (Å²) in [5, 5.41) is 9.66. The summed E-state index contributed by atoms with van der Waals surface area (Å²) in [6, 6.07) is 5.04. The highest BCUT2D eigenvalue weighted by molar-refractivity contribution is 5.34. The average molecular weight is 238 g/mol. The third kappa shape index (κ3) is 2.29. The van der Waals surface area contributed by atoms with Gasteiger partial charge in [0.15, 0.2) is 11.6 Å². The normalized spacial score (nSPS) is 19.0. The van der Waals surface area contributed by atoms with Gasteiger partial charge in [-0.1, -0.05) is 25.3 Å². The third-order valence-electron chi connectivity index (χ3n) is 3.88. The highest BCUT2D eigenvalue weighted by atomic mass is 19.1. The number of benzene rings is 1. The smallest absolute Gasteiger partial charge is 0.165 e. The van der Waals surface area contributed by atoms with E-state index in [1.54, 1.807) is 6.07 Å². The molecule has 0 amide bonds. The van der Waals surface area contributed by atoms with E-state index in [1.165, 1.54) is 19.6 Å².